The van der Waals surface area contributed by atoms with E-state index in [1.54, 1.807) is 31.2 Å². The number of carbonyl (C=O) groups is 2. The highest BCUT2D eigenvalue weighted by molar-refractivity contribution is 9.10. The maximum atomic E-state index is 12.4. The molecule has 0 unspecified atom stereocenters. The minimum atomic E-state index is -0.686. The Kier molecular flexibility index (Phi) is 5.51. The second kappa shape index (κ2) is 7.84. The van der Waals surface area contributed by atoms with E-state index in [2.05, 4.69) is 15.9 Å². The molecule has 0 amide bonds. The number of rotatable bonds is 6. The Labute approximate surface area is 164 Å². The maximum absolute atomic E-state index is 12.4. The molecule has 1 heterocycles. The minimum Gasteiger partial charge on any atom is -0.493 e. The monoisotopic (exact) mass is 432 g/mol. The average Bonchev–Trinajstić information content (AvgIpc) is 3.01. The highest BCUT2D eigenvalue weighted by Crippen LogP contribution is 2.29. The third-order valence-electron chi connectivity index (χ3n) is 4.12. The van der Waals surface area contributed by atoms with Crippen molar-refractivity contribution >= 4 is 38.7 Å². The Hall–Kier alpha value is -2.80. The van der Waals surface area contributed by atoms with Crippen LogP contribution in [0, 0.1) is 6.92 Å². The van der Waals surface area contributed by atoms with E-state index in [1.807, 2.05) is 12.1 Å². The van der Waals surface area contributed by atoms with Gasteiger partial charge in [0.05, 0.1) is 14.2 Å². The second-order valence-electron chi connectivity index (χ2n) is 5.77. The van der Waals surface area contributed by atoms with Crippen LogP contribution in [0.4, 0.5) is 0 Å². The molecule has 7 heteroatoms. The summed E-state index contributed by atoms with van der Waals surface area (Å²) in [4.78, 5) is 24.7. The molecule has 0 atom stereocenters. The van der Waals surface area contributed by atoms with Gasteiger partial charge in [0.1, 0.15) is 5.58 Å². The first-order chi connectivity index (χ1) is 12.9. The molecular formula is C20H17BrO6. The van der Waals surface area contributed by atoms with E-state index in [4.69, 9.17) is 18.6 Å². The Bertz CT molecular complexity index is 1020. The number of halogens is 1. The van der Waals surface area contributed by atoms with Gasteiger partial charge in [-0.2, -0.15) is 0 Å². The van der Waals surface area contributed by atoms with Gasteiger partial charge < -0.3 is 18.6 Å². The molecule has 0 radical (unpaired) electrons. The van der Waals surface area contributed by atoms with Crippen molar-refractivity contribution in [2.75, 3.05) is 20.8 Å². The van der Waals surface area contributed by atoms with Crippen LogP contribution in [0.3, 0.4) is 0 Å². The van der Waals surface area contributed by atoms with Crippen LogP contribution >= 0.6 is 15.9 Å². The molecule has 1 aromatic heterocycles. The van der Waals surface area contributed by atoms with Gasteiger partial charge in [-0.05, 0) is 43.3 Å². The van der Waals surface area contributed by atoms with Crippen LogP contribution < -0.4 is 9.47 Å². The lowest BCUT2D eigenvalue weighted by Gasteiger charge is -2.09. The summed E-state index contributed by atoms with van der Waals surface area (Å²) in [6, 6.07) is 10.2. The molecule has 0 fully saturated rings. The summed E-state index contributed by atoms with van der Waals surface area (Å²) in [5, 5.41) is 0.808. The number of methoxy groups -OCH3 is 2. The zero-order valence-corrected chi connectivity index (χ0v) is 16.6. The summed E-state index contributed by atoms with van der Waals surface area (Å²) in [6.07, 6.45) is 0. The van der Waals surface area contributed by atoms with Crippen molar-refractivity contribution in [3.05, 3.63) is 57.8 Å². The summed E-state index contributed by atoms with van der Waals surface area (Å²) >= 11 is 3.39. The van der Waals surface area contributed by atoms with Crippen LogP contribution in [-0.2, 0) is 4.74 Å². The number of furan rings is 1. The molecule has 0 aliphatic rings. The van der Waals surface area contributed by atoms with Gasteiger partial charge in [0.2, 0.25) is 5.76 Å². The number of esters is 1. The third kappa shape index (κ3) is 3.83. The zero-order chi connectivity index (χ0) is 19.6. The number of hydrogen-bond acceptors (Lipinski definition) is 6. The van der Waals surface area contributed by atoms with Crippen molar-refractivity contribution in [1.82, 2.24) is 0 Å². The van der Waals surface area contributed by atoms with Crippen LogP contribution in [0.2, 0.25) is 0 Å². The Morgan fingerprint density at radius 2 is 1.78 bits per heavy atom. The Balaban J connectivity index is 1.74. The van der Waals surface area contributed by atoms with Crippen LogP contribution in [0.5, 0.6) is 11.5 Å². The smallest absolute Gasteiger partial charge is 0.375 e. The van der Waals surface area contributed by atoms with Crippen LogP contribution in [-0.4, -0.2) is 32.6 Å². The molecule has 0 N–H and O–H groups in total. The third-order valence-corrected chi connectivity index (χ3v) is 4.62. The quantitative estimate of drug-likeness (QED) is 0.419. The number of Topliss-reactive ketones (excluding diaryl/α,β-unsaturated/α-hetero) is 1. The summed E-state index contributed by atoms with van der Waals surface area (Å²) in [5.74, 6) is -0.0267. The maximum Gasteiger partial charge on any atom is 0.375 e. The molecule has 0 aliphatic carbocycles. The number of carbonyl (C=O) groups excluding carboxylic acids is 2. The van der Waals surface area contributed by atoms with Crippen molar-refractivity contribution in [1.29, 1.82) is 0 Å². The number of aryl methyl sites for hydroxylation is 1. The van der Waals surface area contributed by atoms with Crippen LogP contribution in [0.1, 0.15) is 26.5 Å². The van der Waals surface area contributed by atoms with Crippen LogP contribution in [0.15, 0.2) is 45.3 Å². The Morgan fingerprint density at radius 3 is 2.48 bits per heavy atom. The molecule has 27 heavy (non-hydrogen) atoms. The molecule has 0 saturated carbocycles. The fraction of sp³-hybridized carbons (Fsp3) is 0.200. The summed E-state index contributed by atoms with van der Waals surface area (Å²) in [5.41, 5.74) is 1.59. The number of ether oxygens (including phenoxy) is 3. The van der Waals surface area contributed by atoms with E-state index < -0.39 is 12.6 Å². The predicted octanol–water partition coefficient (Wildman–Crippen LogP) is 4.56. The van der Waals surface area contributed by atoms with Crippen molar-refractivity contribution in [2.45, 2.75) is 6.92 Å². The van der Waals surface area contributed by atoms with Crippen molar-refractivity contribution in [3.8, 4) is 11.5 Å². The standard InChI is InChI=1S/C20H17BrO6/c1-11-14-9-13(21)5-7-16(14)27-19(11)20(23)26-10-15(22)12-4-6-17(24-2)18(8-12)25-3/h4-9H,10H2,1-3H3. The van der Waals surface area contributed by atoms with Gasteiger partial charge in [-0.1, -0.05) is 15.9 Å². The Morgan fingerprint density at radius 1 is 1.04 bits per heavy atom. The van der Waals surface area contributed by atoms with Gasteiger partial charge in [0.25, 0.3) is 0 Å². The van der Waals surface area contributed by atoms with Gasteiger partial charge in [0, 0.05) is 21.0 Å². The van der Waals surface area contributed by atoms with E-state index in [-0.39, 0.29) is 11.5 Å². The first-order valence-electron chi connectivity index (χ1n) is 8.05. The van der Waals surface area contributed by atoms with E-state index in [0.29, 0.717) is 28.2 Å². The highest BCUT2D eigenvalue weighted by atomic mass is 79.9. The lowest BCUT2D eigenvalue weighted by Crippen LogP contribution is -2.14. The fourth-order valence-corrected chi connectivity index (χ4v) is 3.04. The van der Waals surface area contributed by atoms with E-state index >= 15 is 0 Å². The molecule has 6 nitrogen and oxygen atoms in total. The largest absolute Gasteiger partial charge is 0.493 e. The van der Waals surface area contributed by atoms with Crippen molar-refractivity contribution in [2.24, 2.45) is 0 Å². The highest BCUT2D eigenvalue weighted by Gasteiger charge is 2.21. The van der Waals surface area contributed by atoms with E-state index in [1.165, 1.54) is 14.2 Å². The summed E-state index contributed by atoms with van der Waals surface area (Å²) in [7, 11) is 2.99. The fourth-order valence-electron chi connectivity index (χ4n) is 2.68. The van der Waals surface area contributed by atoms with Crippen molar-refractivity contribution in [3.63, 3.8) is 0 Å². The first kappa shape index (κ1) is 19.0. The SMILES string of the molecule is COc1ccc(C(=O)COC(=O)c2oc3ccc(Br)cc3c2C)cc1OC. The number of ketones is 1. The lowest BCUT2D eigenvalue weighted by molar-refractivity contribution is 0.0445. The van der Waals surface area contributed by atoms with Gasteiger partial charge >= 0.3 is 5.97 Å². The normalized spacial score (nSPS) is 10.7. The minimum absolute atomic E-state index is 0.0863. The second-order valence-corrected chi connectivity index (χ2v) is 6.68. The van der Waals surface area contributed by atoms with Gasteiger partial charge in [-0.3, -0.25) is 4.79 Å². The molecule has 0 aliphatic heterocycles. The average molecular weight is 433 g/mol. The molecule has 0 saturated heterocycles. The number of hydrogen-bond donors (Lipinski definition) is 0. The van der Waals surface area contributed by atoms with Crippen molar-refractivity contribution < 1.29 is 28.2 Å². The van der Waals surface area contributed by atoms with Gasteiger partial charge in [0.15, 0.2) is 23.9 Å². The number of benzene rings is 2. The van der Waals surface area contributed by atoms with E-state index in [9.17, 15) is 9.59 Å². The zero-order valence-electron chi connectivity index (χ0n) is 15.0. The topological polar surface area (TPSA) is 75.0 Å². The molecule has 0 spiro atoms. The predicted molar refractivity (Wildman–Crippen MR) is 103 cm³/mol. The van der Waals surface area contributed by atoms with Crippen LogP contribution in [0.25, 0.3) is 11.0 Å². The lowest BCUT2D eigenvalue weighted by atomic mass is 10.1. The summed E-state index contributed by atoms with van der Waals surface area (Å²) in [6.45, 7) is 1.36. The molecule has 3 rings (SSSR count). The van der Waals surface area contributed by atoms with Gasteiger partial charge in [-0.25, -0.2) is 4.79 Å². The molecular weight excluding hydrogens is 416 g/mol. The molecule has 0 bridgehead atoms. The van der Waals surface area contributed by atoms with Gasteiger partial charge in [-0.15, -0.1) is 0 Å². The molecule has 2 aromatic carbocycles. The van der Waals surface area contributed by atoms with E-state index in [0.717, 1.165) is 9.86 Å². The molecule has 140 valence electrons. The number of fused-ring (bicyclic) bond motifs is 1. The molecule has 3 aromatic rings. The summed E-state index contributed by atoms with van der Waals surface area (Å²) < 4.78 is 21.9. The first-order valence-corrected chi connectivity index (χ1v) is 8.85.